The average Bonchev–Trinajstić information content (AvgIpc) is 3.26. The maximum atomic E-state index is 12.5. The van der Waals surface area contributed by atoms with Gasteiger partial charge in [-0.3, -0.25) is 4.79 Å². The monoisotopic (exact) mass is 407 g/mol. The SMILES string of the molecule is C[C@H]1CCCN(C(=O)COc2ccccc2-c2noc(COc3ccccc3)n2)C1. The van der Waals surface area contributed by atoms with E-state index in [0.29, 0.717) is 28.9 Å². The van der Waals surface area contributed by atoms with Gasteiger partial charge in [-0.05, 0) is 43.0 Å². The molecule has 30 heavy (non-hydrogen) atoms. The molecule has 1 amide bonds. The number of benzene rings is 2. The molecule has 2 aromatic carbocycles. The number of hydrogen-bond donors (Lipinski definition) is 0. The number of amides is 1. The van der Waals surface area contributed by atoms with Crippen molar-refractivity contribution in [2.24, 2.45) is 5.92 Å². The number of carbonyl (C=O) groups is 1. The molecule has 1 atom stereocenters. The Kier molecular flexibility index (Phi) is 6.27. The molecule has 4 rings (SSSR count). The zero-order valence-electron chi connectivity index (χ0n) is 17.0. The summed E-state index contributed by atoms with van der Waals surface area (Å²) in [7, 11) is 0. The fourth-order valence-electron chi connectivity index (χ4n) is 3.51. The Morgan fingerprint density at radius 3 is 2.77 bits per heavy atom. The van der Waals surface area contributed by atoms with Crippen LogP contribution in [-0.2, 0) is 11.4 Å². The lowest BCUT2D eigenvalue weighted by Crippen LogP contribution is -2.41. The molecule has 1 saturated heterocycles. The molecular formula is C23H25N3O4. The third-order valence-corrected chi connectivity index (χ3v) is 5.06. The van der Waals surface area contributed by atoms with Crippen LogP contribution in [0.5, 0.6) is 11.5 Å². The van der Waals surface area contributed by atoms with Crippen LogP contribution in [0.3, 0.4) is 0 Å². The van der Waals surface area contributed by atoms with Gasteiger partial charge in [-0.15, -0.1) is 0 Å². The summed E-state index contributed by atoms with van der Waals surface area (Å²) in [5.74, 6) is 2.57. The molecular weight excluding hydrogens is 382 g/mol. The van der Waals surface area contributed by atoms with Gasteiger partial charge in [0, 0.05) is 13.1 Å². The first-order chi connectivity index (χ1) is 14.7. The molecule has 2 heterocycles. The number of aromatic nitrogens is 2. The highest BCUT2D eigenvalue weighted by atomic mass is 16.5. The Bertz CT molecular complexity index is 973. The molecule has 1 aliphatic rings. The zero-order valence-corrected chi connectivity index (χ0v) is 17.0. The predicted molar refractivity (Wildman–Crippen MR) is 111 cm³/mol. The van der Waals surface area contributed by atoms with Gasteiger partial charge >= 0.3 is 0 Å². The van der Waals surface area contributed by atoms with Crippen molar-refractivity contribution in [3.63, 3.8) is 0 Å². The molecule has 0 saturated carbocycles. The predicted octanol–water partition coefficient (Wildman–Crippen LogP) is 3.95. The van der Waals surface area contributed by atoms with Crippen LogP contribution in [0, 0.1) is 5.92 Å². The number of carbonyl (C=O) groups excluding carboxylic acids is 1. The maximum Gasteiger partial charge on any atom is 0.264 e. The van der Waals surface area contributed by atoms with Crippen LogP contribution in [0.1, 0.15) is 25.7 Å². The molecule has 3 aromatic rings. The minimum atomic E-state index is -0.00837. The summed E-state index contributed by atoms with van der Waals surface area (Å²) in [6, 6.07) is 16.8. The van der Waals surface area contributed by atoms with E-state index in [2.05, 4.69) is 17.1 Å². The molecule has 1 fully saturated rings. The van der Waals surface area contributed by atoms with Crippen LogP contribution in [0.4, 0.5) is 0 Å². The largest absolute Gasteiger partial charge is 0.484 e. The Morgan fingerprint density at radius 1 is 1.13 bits per heavy atom. The second kappa shape index (κ2) is 9.43. The number of likely N-dealkylation sites (tertiary alicyclic amines) is 1. The van der Waals surface area contributed by atoms with Gasteiger partial charge in [0.2, 0.25) is 5.82 Å². The average molecular weight is 407 g/mol. The van der Waals surface area contributed by atoms with Crippen LogP contribution >= 0.6 is 0 Å². The molecule has 1 aliphatic heterocycles. The summed E-state index contributed by atoms with van der Waals surface area (Å²) in [5.41, 5.74) is 0.673. The summed E-state index contributed by atoms with van der Waals surface area (Å²) in [6.07, 6.45) is 2.21. The number of ether oxygens (including phenoxy) is 2. The summed E-state index contributed by atoms with van der Waals surface area (Å²) in [4.78, 5) is 18.8. The fourth-order valence-corrected chi connectivity index (χ4v) is 3.51. The molecule has 0 N–H and O–H groups in total. The van der Waals surface area contributed by atoms with Crippen molar-refractivity contribution in [3.05, 3.63) is 60.5 Å². The first-order valence-electron chi connectivity index (χ1n) is 10.2. The molecule has 1 aromatic heterocycles. The highest BCUT2D eigenvalue weighted by Gasteiger charge is 2.22. The van der Waals surface area contributed by atoms with Crippen LogP contribution in [-0.4, -0.2) is 40.6 Å². The fraction of sp³-hybridized carbons (Fsp3) is 0.348. The van der Waals surface area contributed by atoms with E-state index in [4.69, 9.17) is 14.0 Å². The molecule has 0 spiro atoms. The quantitative estimate of drug-likeness (QED) is 0.590. The minimum absolute atomic E-state index is 0.00131. The van der Waals surface area contributed by atoms with E-state index >= 15 is 0 Å². The van der Waals surface area contributed by atoms with Crippen LogP contribution in [0.15, 0.2) is 59.1 Å². The van der Waals surface area contributed by atoms with Crippen LogP contribution in [0.2, 0.25) is 0 Å². The molecule has 0 aliphatic carbocycles. The van der Waals surface area contributed by atoms with Crippen molar-refractivity contribution in [1.82, 2.24) is 15.0 Å². The minimum Gasteiger partial charge on any atom is -0.484 e. The molecule has 7 nitrogen and oxygen atoms in total. The van der Waals surface area contributed by atoms with E-state index in [1.54, 1.807) is 6.07 Å². The first-order valence-corrected chi connectivity index (χ1v) is 10.2. The van der Waals surface area contributed by atoms with Gasteiger partial charge in [-0.2, -0.15) is 4.98 Å². The van der Waals surface area contributed by atoms with Gasteiger partial charge in [0.15, 0.2) is 13.2 Å². The lowest BCUT2D eigenvalue weighted by atomic mass is 10.0. The van der Waals surface area contributed by atoms with Gasteiger partial charge in [-0.25, -0.2) is 0 Å². The summed E-state index contributed by atoms with van der Waals surface area (Å²) in [6.45, 7) is 3.92. The number of para-hydroxylation sites is 2. The van der Waals surface area contributed by atoms with Gasteiger partial charge in [0.1, 0.15) is 11.5 Å². The normalized spacial score (nSPS) is 16.3. The zero-order chi connectivity index (χ0) is 20.8. The lowest BCUT2D eigenvalue weighted by Gasteiger charge is -2.30. The van der Waals surface area contributed by atoms with E-state index in [-0.39, 0.29) is 19.1 Å². The van der Waals surface area contributed by atoms with E-state index in [1.165, 1.54) is 6.42 Å². The molecule has 0 unspecified atom stereocenters. The third kappa shape index (κ3) is 4.97. The molecule has 0 bridgehead atoms. The van der Waals surface area contributed by atoms with E-state index in [1.807, 2.05) is 53.4 Å². The van der Waals surface area contributed by atoms with Crippen molar-refractivity contribution >= 4 is 5.91 Å². The Labute approximate surface area is 175 Å². The summed E-state index contributed by atoms with van der Waals surface area (Å²) < 4.78 is 16.8. The van der Waals surface area contributed by atoms with Crippen molar-refractivity contribution in [1.29, 1.82) is 0 Å². The smallest absolute Gasteiger partial charge is 0.264 e. The second-order valence-electron chi connectivity index (χ2n) is 7.49. The summed E-state index contributed by atoms with van der Waals surface area (Å²) >= 11 is 0. The van der Waals surface area contributed by atoms with Crippen molar-refractivity contribution in [3.8, 4) is 22.9 Å². The van der Waals surface area contributed by atoms with Gasteiger partial charge < -0.3 is 18.9 Å². The second-order valence-corrected chi connectivity index (χ2v) is 7.49. The van der Waals surface area contributed by atoms with E-state index < -0.39 is 0 Å². The Balaban J connectivity index is 1.39. The highest BCUT2D eigenvalue weighted by molar-refractivity contribution is 5.78. The molecule has 7 heteroatoms. The van der Waals surface area contributed by atoms with Gasteiger partial charge in [0.05, 0.1) is 5.56 Å². The lowest BCUT2D eigenvalue weighted by molar-refractivity contribution is -0.135. The van der Waals surface area contributed by atoms with Crippen LogP contribution in [0.25, 0.3) is 11.4 Å². The van der Waals surface area contributed by atoms with Gasteiger partial charge in [-0.1, -0.05) is 42.4 Å². The maximum absolute atomic E-state index is 12.5. The number of hydrogen-bond acceptors (Lipinski definition) is 6. The van der Waals surface area contributed by atoms with Crippen LogP contribution < -0.4 is 9.47 Å². The van der Waals surface area contributed by atoms with Gasteiger partial charge in [0.25, 0.3) is 11.8 Å². The first kappa shape index (κ1) is 19.9. The molecule has 156 valence electrons. The van der Waals surface area contributed by atoms with Crippen molar-refractivity contribution in [2.75, 3.05) is 19.7 Å². The Morgan fingerprint density at radius 2 is 1.93 bits per heavy atom. The topological polar surface area (TPSA) is 77.7 Å². The number of nitrogens with zero attached hydrogens (tertiary/aromatic N) is 3. The Hall–Kier alpha value is -3.35. The standard InChI is InChI=1S/C23H25N3O4/c1-17-8-7-13-26(14-17)22(27)16-29-20-12-6-5-11-19(20)23-24-21(30-25-23)15-28-18-9-3-2-4-10-18/h2-6,9-12,17H,7-8,13-16H2,1H3/t17-/m0/s1. The number of rotatable bonds is 7. The third-order valence-electron chi connectivity index (χ3n) is 5.06. The summed E-state index contributed by atoms with van der Waals surface area (Å²) in [5, 5.41) is 4.04. The van der Waals surface area contributed by atoms with Crippen molar-refractivity contribution in [2.45, 2.75) is 26.4 Å². The van der Waals surface area contributed by atoms with E-state index in [0.717, 1.165) is 25.3 Å². The molecule has 0 radical (unpaired) electrons. The van der Waals surface area contributed by atoms with Crippen molar-refractivity contribution < 1.29 is 18.8 Å². The highest BCUT2D eigenvalue weighted by Crippen LogP contribution is 2.28. The van der Waals surface area contributed by atoms with E-state index in [9.17, 15) is 4.79 Å². The number of piperidine rings is 1.